The molecular formula is C20H22BrNO3. The summed E-state index contributed by atoms with van der Waals surface area (Å²) in [7, 11) is 0. The van der Waals surface area contributed by atoms with Crippen LogP contribution in [0.25, 0.3) is 0 Å². The molecule has 132 valence electrons. The molecule has 1 aliphatic rings. The molecule has 25 heavy (non-hydrogen) atoms. The van der Waals surface area contributed by atoms with Crippen molar-refractivity contribution < 1.29 is 14.6 Å². The van der Waals surface area contributed by atoms with Gasteiger partial charge in [0.2, 0.25) is 0 Å². The Hall–Kier alpha value is -1.85. The zero-order valence-corrected chi connectivity index (χ0v) is 15.8. The van der Waals surface area contributed by atoms with Crippen molar-refractivity contribution in [3.8, 4) is 5.75 Å². The third-order valence-electron chi connectivity index (χ3n) is 4.59. The molecular weight excluding hydrogens is 382 g/mol. The Balaban J connectivity index is 2.12. The van der Waals surface area contributed by atoms with E-state index in [1.807, 2.05) is 43.3 Å². The van der Waals surface area contributed by atoms with Gasteiger partial charge in [0.15, 0.2) is 0 Å². The normalized spacial score (nSPS) is 18.9. The van der Waals surface area contributed by atoms with Gasteiger partial charge in [-0.25, -0.2) is 0 Å². The predicted molar refractivity (Wildman–Crippen MR) is 101 cm³/mol. The summed E-state index contributed by atoms with van der Waals surface area (Å²) in [6, 6.07) is 15.4. The molecule has 0 amide bonds. The smallest absolute Gasteiger partial charge is 0.320 e. The van der Waals surface area contributed by atoms with Gasteiger partial charge in [-0.1, -0.05) is 46.3 Å². The molecule has 4 nitrogen and oxygen atoms in total. The number of rotatable bonds is 6. The van der Waals surface area contributed by atoms with Gasteiger partial charge in [0.05, 0.1) is 12.6 Å². The Kier molecular flexibility index (Phi) is 5.76. The molecule has 1 fully saturated rings. The highest BCUT2D eigenvalue weighted by molar-refractivity contribution is 9.10. The van der Waals surface area contributed by atoms with Crippen LogP contribution in [0.1, 0.15) is 36.9 Å². The maximum Gasteiger partial charge on any atom is 0.320 e. The lowest BCUT2D eigenvalue weighted by atomic mass is 9.95. The highest BCUT2D eigenvalue weighted by Crippen LogP contribution is 2.40. The number of benzene rings is 2. The first-order valence-electron chi connectivity index (χ1n) is 8.57. The maximum absolute atomic E-state index is 11.8. The lowest BCUT2D eigenvalue weighted by Gasteiger charge is -2.33. The van der Waals surface area contributed by atoms with Crippen LogP contribution >= 0.6 is 15.9 Å². The summed E-state index contributed by atoms with van der Waals surface area (Å²) in [6.45, 7) is 3.28. The summed E-state index contributed by atoms with van der Waals surface area (Å²) in [5.41, 5.74) is 2.07. The number of carboxylic acid groups (broad SMARTS) is 1. The first kappa shape index (κ1) is 18.0. The van der Waals surface area contributed by atoms with E-state index in [-0.39, 0.29) is 6.04 Å². The Labute approximate surface area is 156 Å². The molecule has 0 aliphatic carbocycles. The molecule has 1 N–H and O–H groups in total. The third-order valence-corrected chi connectivity index (χ3v) is 5.09. The molecule has 1 saturated heterocycles. The summed E-state index contributed by atoms with van der Waals surface area (Å²) < 4.78 is 6.81. The Morgan fingerprint density at radius 1 is 1.32 bits per heavy atom. The quantitative estimate of drug-likeness (QED) is 0.771. The standard InChI is InChI=1S/C20H22BrNO3/c1-2-25-18-11-10-15(21)13-16(18)19(14-7-4-3-5-8-14)22-12-6-9-17(22)20(23)24/h3-5,7-8,10-11,13,17,19H,2,6,9,12H2,1H3,(H,23,24). The summed E-state index contributed by atoms with van der Waals surface area (Å²) in [5.74, 6) is 0.0435. The van der Waals surface area contributed by atoms with E-state index < -0.39 is 12.0 Å². The lowest BCUT2D eigenvalue weighted by Crippen LogP contribution is -2.39. The van der Waals surface area contributed by atoms with Crippen LogP contribution in [0.3, 0.4) is 0 Å². The van der Waals surface area contributed by atoms with E-state index >= 15 is 0 Å². The lowest BCUT2D eigenvalue weighted by molar-refractivity contribution is -0.142. The zero-order valence-electron chi connectivity index (χ0n) is 14.2. The summed E-state index contributed by atoms with van der Waals surface area (Å²) in [6.07, 6.45) is 1.56. The van der Waals surface area contributed by atoms with Crippen molar-refractivity contribution in [1.29, 1.82) is 0 Å². The number of carbonyl (C=O) groups is 1. The van der Waals surface area contributed by atoms with Crippen LogP contribution in [-0.2, 0) is 4.79 Å². The van der Waals surface area contributed by atoms with E-state index in [0.29, 0.717) is 13.0 Å². The van der Waals surface area contributed by atoms with E-state index in [2.05, 4.69) is 33.0 Å². The fraction of sp³-hybridized carbons (Fsp3) is 0.350. The van der Waals surface area contributed by atoms with Gasteiger partial charge in [0.1, 0.15) is 11.8 Å². The predicted octanol–water partition coefficient (Wildman–Crippen LogP) is 4.49. The summed E-state index contributed by atoms with van der Waals surface area (Å²) in [5, 5.41) is 9.67. The molecule has 0 saturated carbocycles. The SMILES string of the molecule is CCOc1ccc(Br)cc1C(c1ccccc1)N1CCCC1C(=O)O. The Morgan fingerprint density at radius 2 is 2.08 bits per heavy atom. The number of likely N-dealkylation sites (tertiary alicyclic amines) is 1. The first-order valence-corrected chi connectivity index (χ1v) is 9.37. The van der Waals surface area contributed by atoms with E-state index in [9.17, 15) is 9.90 Å². The molecule has 2 aromatic carbocycles. The minimum atomic E-state index is -0.758. The van der Waals surface area contributed by atoms with Gasteiger partial charge in [-0.3, -0.25) is 9.69 Å². The number of carboxylic acids is 1. The fourth-order valence-electron chi connectivity index (χ4n) is 3.57. The fourth-order valence-corrected chi connectivity index (χ4v) is 3.95. The number of halogens is 1. The minimum absolute atomic E-state index is 0.149. The zero-order chi connectivity index (χ0) is 17.8. The van der Waals surface area contributed by atoms with Gasteiger partial charge < -0.3 is 9.84 Å². The molecule has 0 radical (unpaired) electrons. The average Bonchev–Trinajstić information content (AvgIpc) is 3.08. The number of aliphatic carboxylic acids is 1. The minimum Gasteiger partial charge on any atom is -0.494 e. The van der Waals surface area contributed by atoms with Crippen LogP contribution < -0.4 is 4.74 Å². The van der Waals surface area contributed by atoms with Gasteiger partial charge in [-0.05, 0) is 43.5 Å². The highest BCUT2D eigenvalue weighted by Gasteiger charge is 2.37. The maximum atomic E-state index is 11.8. The average molecular weight is 404 g/mol. The highest BCUT2D eigenvalue weighted by atomic mass is 79.9. The molecule has 2 atom stereocenters. The number of hydrogen-bond donors (Lipinski definition) is 1. The van der Waals surface area contributed by atoms with E-state index in [1.54, 1.807) is 0 Å². The van der Waals surface area contributed by atoms with Crippen LogP contribution in [0.15, 0.2) is 53.0 Å². The van der Waals surface area contributed by atoms with E-state index in [0.717, 1.165) is 34.3 Å². The topological polar surface area (TPSA) is 49.8 Å². The van der Waals surface area contributed by atoms with Crippen LogP contribution in [-0.4, -0.2) is 35.2 Å². The Morgan fingerprint density at radius 3 is 2.76 bits per heavy atom. The van der Waals surface area contributed by atoms with Crippen LogP contribution in [0.5, 0.6) is 5.75 Å². The van der Waals surface area contributed by atoms with Crippen molar-refractivity contribution in [3.63, 3.8) is 0 Å². The molecule has 2 unspecified atom stereocenters. The number of hydrogen-bond acceptors (Lipinski definition) is 3. The second-order valence-corrected chi connectivity index (χ2v) is 7.08. The van der Waals surface area contributed by atoms with Gasteiger partial charge in [-0.15, -0.1) is 0 Å². The van der Waals surface area contributed by atoms with Crippen molar-refractivity contribution in [2.75, 3.05) is 13.2 Å². The van der Waals surface area contributed by atoms with E-state index in [1.165, 1.54) is 0 Å². The van der Waals surface area contributed by atoms with Crippen molar-refractivity contribution >= 4 is 21.9 Å². The second-order valence-electron chi connectivity index (χ2n) is 6.16. The van der Waals surface area contributed by atoms with Crippen LogP contribution in [0.4, 0.5) is 0 Å². The van der Waals surface area contributed by atoms with Crippen LogP contribution in [0.2, 0.25) is 0 Å². The molecule has 2 aromatic rings. The second kappa shape index (κ2) is 8.02. The summed E-state index contributed by atoms with van der Waals surface area (Å²) in [4.78, 5) is 13.9. The van der Waals surface area contributed by atoms with Gasteiger partial charge >= 0.3 is 5.97 Å². The first-order chi connectivity index (χ1) is 12.1. The molecule has 0 spiro atoms. The Bertz CT molecular complexity index is 735. The van der Waals surface area contributed by atoms with Crippen molar-refractivity contribution in [3.05, 3.63) is 64.1 Å². The van der Waals surface area contributed by atoms with Gasteiger partial charge in [0.25, 0.3) is 0 Å². The molecule has 1 aliphatic heterocycles. The van der Waals surface area contributed by atoms with Crippen molar-refractivity contribution in [2.24, 2.45) is 0 Å². The van der Waals surface area contributed by atoms with Gasteiger partial charge in [-0.2, -0.15) is 0 Å². The third kappa shape index (κ3) is 3.88. The monoisotopic (exact) mass is 403 g/mol. The molecule has 5 heteroatoms. The molecule has 0 aromatic heterocycles. The van der Waals surface area contributed by atoms with Crippen molar-refractivity contribution in [2.45, 2.75) is 31.8 Å². The van der Waals surface area contributed by atoms with Gasteiger partial charge in [0, 0.05) is 16.6 Å². The molecule has 0 bridgehead atoms. The van der Waals surface area contributed by atoms with Crippen LogP contribution in [0, 0.1) is 0 Å². The van der Waals surface area contributed by atoms with Crippen molar-refractivity contribution in [1.82, 2.24) is 4.90 Å². The number of nitrogens with zero attached hydrogens (tertiary/aromatic N) is 1. The largest absolute Gasteiger partial charge is 0.494 e. The number of ether oxygens (including phenoxy) is 1. The summed E-state index contributed by atoms with van der Waals surface area (Å²) >= 11 is 3.55. The molecule has 1 heterocycles. The van der Waals surface area contributed by atoms with E-state index in [4.69, 9.17) is 4.74 Å². The molecule has 3 rings (SSSR count).